The number of hydrogen-bond acceptors (Lipinski definition) is 3. The van der Waals surface area contributed by atoms with Gasteiger partial charge in [-0.25, -0.2) is 4.98 Å². The molecular formula is C7H6BrF3N2OS. The summed E-state index contributed by atoms with van der Waals surface area (Å²) >= 11 is 3.98. The minimum atomic E-state index is -4.44. The molecule has 84 valence electrons. The molecule has 0 saturated carbocycles. The lowest BCUT2D eigenvalue weighted by atomic mass is 10.3. The van der Waals surface area contributed by atoms with Gasteiger partial charge in [-0.3, -0.25) is 4.79 Å². The number of alkyl halides is 3. The number of rotatable bonds is 2. The second kappa shape index (κ2) is 4.48. The molecule has 0 spiro atoms. The quantitative estimate of drug-likeness (QED) is 0.912. The van der Waals surface area contributed by atoms with Gasteiger partial charge in [0.25, 0.3) is 5.91 Å². The number of thiazole rings is 1. The van der Waals surface area contributed by atoms with Crippen LogP contribution in [-0.2, 0) is 0 Å². The van der Waals surface area contributed by atoms with Crippen LogP contribution in [0.4, 0.5) is 13.2 Å². The third-order valence-corrected chi connectivity index (χ3v) is 3.06. The van der Waals surface area contributed by atoms with Crippen molar-refractivity contribution in [3.8, 4) is 0 Å². The molecule has 1 amide bonds. The van der Waals surface area contributed by atoms with E-state index in [0.717, 1.165) is 18.3 Å². The molecule has 8 heteroatoms. The van der Waals surface area contributed by atoms with Gasteiger partial charge in [-0.2, -0.15) is 13.2 Å². The van der Waals surface area contributed by atoms with E-state index in [9.17, 15) is 18.0 Å². The Labute approximate surface area is 95.8 Å². The van der Waals surface area contributed by atoms with E-state index in [4.69, 9.17) is 0 Å². The lowest BCUT2D eigenvalue weighted by molar-refractivity contribution is -0.149. The number of nitrogens with one attached hydrogen (secondary N) is 1. The Kier molecular flexibility index (Phi) is 3.72. The minimum absolute atomic E-state index is 0.00188. The summed E-state index contributed by atoms with van der Waals surface area (Å²) in [6, 6.07) is -1.88. The summed E-state index contributed by atoms with van der Waals surface area (Å²) in [5, 5.41) is 3.33. The third-order valence-electron chi connectivity index (χ3n) is 1.51. The highest BCUT2D eigenvalue weighted by molar-refractivity contribution is 9.10. The lowest BCUT2D eigenvalue weighted by Crippen LogP contribution is -2.43. The first-order chi connectivity index (χ1) is 6.80. The van der Waals surface area contributed by atoms with E-state index in [0.29, 0.717) is 4.60 Å². The Balaban J connectivity index is 2.64. The van der Waals surface area contributed by atoms with Gasteiger partial charge in [0.1, 0.15) is 10.6 Å². The van der Waals surface area contributed by atoms with Crippen molar-refractivity contribution in [1.82, 2.24) is 10.3 Å². The van der Waals surface area contributed by atoms with Gasteiger partial charge in [0, 0.05) is 5.38 Å². The highest BCUT2D eigenvalue weighted by atomic mass is 79.9. The van der Waals surface area contributed by atoms with Crippen molar-refractivity contribution in [2.45, 2.75) is 19.1 Å². The predicted octanol–water partition coefficient (Wildman–Crippen LogP) is 2.59. The average molecular weight is 303 g/mol. The fourth-order valence-electron chi connectivity index (χ4n) is 0.699. The summed E-state index contributed by atoms with van der Waals surface area (Å²) in [6.45, 7) is 0.876. The number of halogens is 4. The molecule has 0 aromatic carbocycles. The number of carbonyl (C=O) groups excluding carboxylic acids is 1. The molecule has 0 aliphatic heterocycles. The summed E-state index contributed by atoms with van der Waals surface area (Å²) in [7, 11) is 0. The Hall–Kier alpha value is -0.630. The van der Waals surface area contributed by atoms with Crippen LogP contribution in [0.2, 0.25) is 0 Å². The molecule has 0 saturated heterocycles. The van der Waals surface area contributed by atoms with Crippen LogP contribution in [0.1, 0.15) is 16.7 Å². The van der Waals surface area contributed by atoms with E-state index in [2.05, 4.69) is 20.9 Å². The predicted molar refractivity (Wildman–Crippen MR) is 52.8 cm³/mol. The van der Waals surface area contributed by atoms with Gasteiger partial charge in [-0.05, 0) is 22.9 Å². The fraction of sp³-hybridized carbons (Fsp3) is 0.429. The topological polar surface area (TPSA) is 42.0 Å². The molecule has 0 aliphatic carbocycles. The Morgan fingerprint density at radius 1 is 1.67 bits per heavy atom. The smallest absolute Gasteiger partial charge is 0.338 e. The van der Waals surface area contributed by atoms with Gasteiger partial charge in [-0.1, -0.05) is 0 Å². The number of nitrogens with zero attached hydrogens (tertiary/aromatic N) is 1. The van der Waals surface area contributed by atoms with Gasteiger partial charge in [0.05, 0.1) is 0 Å². The van der Waals surface area contributed by atoms with Crippen LogP contribution in [0, 0.1) is 0 Å². The van der Waals surface area contributed by atoms with Crippen molar-refractivity contribution in [3.05, 3.63) is 15.0 Å². The Bertz CT molecular complexity index is 365. The molecule has 15 heavy (non-hydrogen) atoms. The van der Waals surface area contributed by atoms with Crippen molar-refractivity contribution >= 4 is 33.2 Å². The highest BCUT2D eigenvalue weighted by Crippen LogP contribution is 2.20. The lowest BCUT2D eigenvalue weighted by Gasteiger charge is -2.15. The van der Waals surface area contributed by atoms with Crippen LogP contribution in [0.5, 0.6) is 0 Å². The molecule has 1 aromatic rings. The summed E-state index contributed by atoms with van der Waals surface area (Å²) in [4.78, 5) is 14.9. The molecule has 1 aromatic heterocycles. The largest absolute Gasteiger partial charge is 0.408 e. The molecule has 1 N–H and O–H groups in total. The molecule has 1 atom stereocenters. The second-order valence-electron chi connectivity index (χ2n) is 2.71. The van der Waals surface area contributed by atoms with E-state index in [1.54, 1.807) is 0 Å². The van der Waals surface area contributed by atoms with Gasteiger partial charge in [0.15, 0.2) is 5.01 Å². The van der Waals surface area contributed by atoms with Gasteiger partial charge >= 0.3 is 6.18 Å². The average Bonchev–Trinajstić information content (AvgIpc) is 2.50. The van der Waals surface area contributed by atoms with E-state index in [-0.39, 0.29) is 5.01 Å². The molecule has 0 unspecified atom stereocenters. The molecule has 3 nitrogen and oxygen atoms in total. The van der Waals surface area contributed by atoms with E-state index < -0.39 is 18.1 Å². The molecule has 0 fully saturated rings. The Morgan fingerprint density at radius 2 is 2.27 bits per heavy atom. The molecule has 1 heterocycles. The van der Waals surface area contributed by atoms with Crippen LogP contribution in [0.25, 0.3) is 0 Å². The highest BCUT2D eigenvalue weighted by Gasteiger charge is 2.37. The minimum Gasteiger partial charge on any atom is -0.338 e. The van der Waals surface area contributed by atoms with Crippen LogP contribution < -0.4 is 5.32 Å². The van der Waals surface area contributed by atoms with Gasteiger partial charge in [0.2, 0.25) is 0 Å². The SMILES string of the molecule is C[C@H](NC(=O)c1nc(Br)cs1)C(F)(F)F. The maximum absolute atomic E-state index is 12.1. The Morgan fingerprint density at radius 3 is 2.67 bits per heavy atom. The number of carbonyl (C=O) groups is 1. The summed E-state index contributed by atoms with van der Waals surface area (Å²) in [5.74, 6) is -0.824. The van der Waals surface area contributed by atoms with E-state index in [1.807, 2.05) is 5.32 Å². The molecule has 0 radical (unpaired) electrons. The normalized spacial score (nSPS) is 13.7. The number of amides is 1. The van der Waals surface area contributed by atoms with Crippen LogP contribution in [0.3, 0.4) is 0 Å². The maximum atomic E-state index is 12.1. The zero-order valence-corrected chi connectivity index (χ0v) is 9.83. The van der Waals surface area contributed by atoms with Crippen molar-refractivity contribution < 1.29 is 18.0 Å². The van der Waals surface area contributed by atoms with Crippen LogP contribution in [-0.4, -0.2) is 23.1 Å². The summed E-state index contributed by atoms with van der Waals surface area (Å²) in [6.07, 6.45) is -4.44. The third kappa shape index (κ3) is 3.45. The van der Waals surface area contributed by atoms with Crippen molar-refractivity contribution in [2.75, 3.05) is 0 Å². The first-order valence-electron chi connectivity index (χ1n) is 3.79. The van der Waals surface area contributed by atoms with Crippen LogP contribution >= 0.6 is 27.3 Å². The zero-order valence-electron chi connectivity index (χ0n) is 7.43. The number of hydrogen-bond donors (Lipinski definition) is 1. The van der Waals surface area contributed by atoms with Crippen molar-refractivity contribution in [1.29, 1.82) is 0 Å². The number of aromatic nitrogens is 1. The molecule has 0 bridgehead atoms. The van der Waals surface area contributed by atoms with E-state index >= 15 is 0 Å². The summed E-state index contributed by atoms with van der Waals surface area (Å²) in [5.41, 5.74) is 0. The molecular weight excluding hydrogens is 297 g/mol. The standard InChI is InChI=1S/C7H6BrF3N2OS/c1-3(7(9,10)11)12-5(14)6-13-4(8)2-15-6/h2-3H,1H3,(H,12,14)/t3-/m0/s1. The van der Waals surface area contributed by atoms with Gasteiger partial charge < -0.3 is 5.32 Å². The molecule has 1 rings (SSSR count). The van der Waals surface area contributed by atoms with Crippen molar-refractivity contribution in [2.24, 2.45) is 0 Å². The maximum Gasteiger partial charge on any atom is 0.408 e. The zero-order chi connectivity index (χ0) is 11.6. The monoisotopic (exact) mass is 302 g/mol. The molecule has 0 aliphatic rings. The van der Waals surface area contributed by atoms with E-state index in [1.165, 1.54) is 5.38 Å². The summed E-state index contributed by atoms with van der Waals surface area (Å²) < 4.78 is 36.7. The van der Waals surface area contributed by atoms with Gasteiger partial charge in [-0.15, -0.1) is 11.3 Å². The van der Waals surface area contributed by atoms with Crippen LogP contribution in [0.15, 0.2) is 9.98 Å². The second-order valence-corrected chi connectivity index (χ2v) is 4.38. The van der Waals surface area contributed by atoms with Crippen molar-refractivity contribution in [3.63, 3.8) is 0 Å². The first-order valence-corrected chi connectivity index (χ1v) is 5.46. The first kappa shape index (κ1) is 12.4. The fourth-order valence-corrected chi connectivity index (χ4v) is 1.85.